The minimum Gasteiger partial charge on any atom is -0.870 e. The van der Waals surface area contributed by atoms with Crippen LogP contribution in [0, 0.1) is 0 Å². The standard InChI is InChI=1S/2C2H4O2.Mg.2H2O.Zn/c2*1-2(3)4;;;;/h2*1H3,(H,3,4);;2*1H2;/q;;+2;;;+2/p-4. The molecule has 0 radical (unpaired) electrons. The van der Waals surface area contributed by atoms with Gasteiger partial charge in [0, 0.05) is 11.9 Å². The number of hydrogen-bond donors (Lipinski definition) is 0. The molecule has 0 aliphatic rings. The van der Waals surface area contributed by atoms with Crippen LogP contribution in [0.5, 0.6) is 0 Å². The van der Waals surface area contributed by atoms with E-state index in [9.17, 15) is 0 Å². The van der Waals surface area contributed by atoms with Crippen LogP contribution in [-0.2, 0) is 29.1 Å². The van der Waals surface area contributed by atoms with E-state index in [4.69, 9.17) is 19.8 Å². The summed E-state index contributed by atoms with van der Waals surface area (Å²) in [6, 6.07) is 0. The number of carbonyl (C=O) groups is 2. The Morgan fingerprint density at radius 3 is 0.917 bits per heavy atom. The minimum atomic E-state index is -1.08. The molecule has 12 heavy (non-hydrogen) atoms. The van der Waals surface area contributed by atoms with Crippen molar-refractivity contribution in [3.05, 3.63) is 0 Å². The summed E-state index contributed by atoms with van der Waals surface area (Å²) in [5.74, 6) is -2.17. The first-order chi connectivity index (χ1) is 3.46. The van der Waals surface area contributed by atoms with Crippen molar-refractivity contribution in [2.45, 2.75) is 13.8 Å². The van der Waals surface area contributed by atoms with Crippen LogP contribution in [0.2, 0.25) is 0 Å². The normalized spacial score (nSPS) is 4.17. The Labute approximate surface area is 98.9 Å². The predicted molar refractivity (Wildman–Crippen MR) is 31.0 cm³/mol. The van der Waals surface area contributed by atoms with Gasteiger partial charge in [0.05, 0.1) is 0 Å². The smallest absolute Gasteiger partial charge is 0.870 e. The van der Waals surface area contributed by atoms with Crippen molar-refractivity contribution in [3.63, 3.8) is 0 Å². The van der Waals surface area contributed by atoms with Crippen molar-refractivity contribution in [3.8, 4) is 0 Å². The van der Waals surface area contributed by atoms with Gasteiger partial charge in [0.2, 0.25) is 0 Å². The van der Waals surface area contributed by atoms with Gasteiger partial charge in [-0.15, -0.1) is 0 Å². The van der Waals surface area contributed by atoms with Gasteiger partial charge in [-0.3, -0.25) is 0 Å². The SMILES string of the molecule is CC(=O)[O-].CC(=O)[O-].[Mg+2].[OH-].[OH-].[Zn+2]. The van der Waals surface area contributed by atoms with Crippen molar-refractivity contribution in [1.29, 1.82) is 0 Å². The second kappa shape index (κ2) is 30.3. The first kappa shape index (κ1) is 39.7. The second-order valence-electron chi connectivity index (χ2n) is 0.983. The molecule has 0 bridgehead atoms. The molecule has 0 fully saturated rings. The molecule has 0 aromatic rings. The molecule has 6 nitrogen and oxygen atoms in total. The number of carboxylic acid groups (broad SMARTS) is 2. The number of aliphatic carboxylic acids is 2. The van der Waals surface area contributed by atoms with E-state index in [1.54, 1.807) is 0 Å². The van der Waals surface area contributed by atoms with E-state index >= 15 is 0 Å². The fraction of sp³-hybridized carbons (Fsp3) is 0.500. The Kier molecular flexibility index (Phi) is 100. The summed E-state index contributed by atoms with van der Waals surface area (Å²) in [4.78, 5) is 17.8. The fourth-order valence-electron chi connectivity index (χ4n) is 0. The van der Waals surface area contributed by atoms with Gasteiger partial charge in [0.15, 0.2) is 0 Å². The second-order valence-corrected chi connectivity index (χ2v) is 0.983. The Morgan fingerprint density at radius 2 is 0.917 bits per heavy atom. The Balaban J connectivity index is -0.0000000112. The Bertz CT molecular complexity index is 77.5. The quantitative estimate of drug-likeness (QED) is 0.409. The summed E-state index contributed by atoms with van der Waals surface area (Å²) in [7, 11) is 0. The van der Waals surface area contributed by atoms with E-state index in [1.165, 1.54) is 0 Å². The van der Waals surface area contributed by atoms with Gasteiger partial charge in [-0.05, 0) is 13.8 Å². The molecule has 0 rings (SSSR count). The molecule has 0 aromatic carbocycles. The van der Waals surface area contributed by atoms with Crippen molar-refractivity contribution in [2.24, 2.45) is 0 Å². The topological polar surface area (TPSA) is 140 Å². The number of rotatable bonds is 0. The maximum atomic E-state index is 8.89. The molecule has 0 atom stereocenters. The van der Waals surface area contributed by atoms with Crippen LogP contribution in [0.3, 0.4) is 0 Å². The molecule has 0 aromatic heterocycles. The van der Waals surface area contributed by atoms with Crippen LogP contribution < -0.4 is 10.2 Å². The van der Waals surface area contributed by atoms with Gasteiger partial charge in [0.25, 0.3) is 0 Å². The van der Waals surface area contributed by atoms with Crippen LogP contribution >= 0.6 is 0 Å². The maximum absolute atomic E-state index is 8.89. The zero-order valence-corrected chi connectivity index (χ0v) is 11.3. The molecule has 0 spiro atoms. The molecule has 0 heterocycles. The molecule has 0 saturated heterocycles. The van der Waals surface area contributed by atoms with Gasteiger partial charge in [-0.2, -0.15) is 0 Å². The maximum Gasteiger partial charge on any atom is 2.00 e. The summed E-state index contributed by atoms with van der Waals surface area (Å²) < 4.78 is 0. The monoisotopic (exact) mass is 240 g/mol. The van der Waals surface area contributed by atoms with E-state index < -0.39 is 11.9 Å². The zero-order chi connectivity index (χ0) is 7.15. The van der Waals surface area contributed by atoms with E-state index in [-0.39, 0.29) is 53.5 Å². The molecule has 0 amide bonds. The molecule has 64 valence electrons. The Hall–Kier alpha value is 0.250. The first-order valence-corrected chi connectivity index (χ1v) is 1.82. The van der Waals surface area contributed by atoms with E-state index in [0.717, 1.165) is 13.8 Å². The fourth-order valence-corrected chi connectivity index (χ4v) is 0. The van der Waals surface area contributed by atoms with Crippen LogP contribution in [0.15, 0.2) is 0 Å². The third kappa shape index (κ3) is 14100. The predicted octanol–water partition coefficient (Wildman–Crippen LogP) is -3.22. The molecule has 0 unspecified atom stereocenters. The molecule has 2 N–H and O–H groups in total. The summed E-state index contributed by atoms with van der Waals surface area (Å²) >= 11 is 0. The van der Waals surface area contributed by atoms with Gasteiger partial charge in [-0.25, -0.2) is 0 Å². The average Bonchev–Trinajstić information content (AvgIpc) is 1.25. The number of carboxylic acids is 2. The van der Waals surface area contributed by atoms with E-state index in [2.05, 4.69) is 0 Å². The third-order valence-corrected chi connectivity index (χ3v) is 0. The molecular weight excluding hydrogens is 234 g/mol. The molecule has 0 saturated carbocycles. The van der Waals surface area contributed by atoms with Crippen molar-refractivity contribution >= 4 is 35.0 Å². The Morgan fingerprint density at radius 1 is 0.917 bits per heavy atom. The summed E-state index contributed by atoms with van der Waals surface area (Å²) in [6.07, 6.45) is 0. The minimum absolute atomic E-state index is 0. The summed E-state index contributed by atoms with van der Waals surface area (Å²) in [5, 5.41) is 17.8. The van der Waals surface area contributed by atoms with Crippen LogP contribution in [0.25, 0.3) is 0 Å². The van der Waals surface area contributed by atoms with Crippen molar-refractivity contribution < 1.29 is 50.2 Å². The van der Waals surface area contributed by atoms with Gasteiger partial charge in [0.1, 0.15) is 0 Å². The zero-order valence-electron chi connectivity index (χ0n) is 6.94. The summed E-state index contributed by atoms with van der Waals surface area (Å²) in [5.41, 5.74) is 0. The largest absolute Gasteiger partial charge is 2.00 e. The number of carbonyl (C=O) groups excluding carboxylic acids is 2. The molecule has 0 aliphatic heterocycles. The van der Waals surface area contributed by atoms with Gasteiger partial charge in [-0.1, -0.05) is 0 Å². The molecule has 8 heteroatoms. The summed E-state index contributed by atoms with van der Waals surface area (Å²) in [6.45, 7) is 1.94. The van der Waals surface area contributed by atoms with E-state index in [1.807, 2.05) is 0 Å². The van der Waals surface area contributed by atoms with Crippen LogP contribution in [-0.4, -0.2) is 45.9 Å². The first-order valence-electron chi connectivity index (χ1n) is 1.82. The van der Waals surface area contributed by atoms with Crippen LogP contribution in [0.1, 0.15) is 13.8 Å². The molecular formula is C4H8MgO6Zn. The van der Waals surface area contributed by atoms with Crippen molar-refractivity contribution in [1.82, 2.24) is 0 Å². The van der Waals surface area contributed by atoms with Crippen LogP contribution in [0.4, 0.5) is 0 Å². The third-order valence-electron chi connectivity index (χ3n) is 0. The average molecular weight is 242 g/mol. The number of hydrogen-bond acceptors (Lipinski definition) is 6. The van der Waals surface area contributed by atoms with Gasteiger partial charge >= 0.3 is 42.5 Å². The van der Waals surface area contributed by atoms with Gasteiger partial charge < -0.3 is 30.8 Å². The molecule has 0 aliphatic carbocycles. The van der Waals surface area contributed by atoms with Crippen molar-refractivity contribution in [2.75, 3.05) is 0 Å². The van der Waals surface area contributed by atoms with E-state index in [0.29, 0.717) is 0 Å².